The van der Waals surface area contributed by atoms with E-state index in [1.165, 1.54) is 16.4 Å². The summed E-state index contributed by atoms with van der Waals surface area (Å²) in [7, 11) is -2.30. The number of halogens is 1. The maximum absolute atomic E-state index is 13.2. The summed E-state index contributed by atoms with van der Waals surface area (Å²) in [5.74, 6) is -1.39. The Kier molecular flexibility index (Phi) is 8.27. The second-order valence-corrected chi connectivity index (χ2v) is 10.5. The van der Waals surface area contributed by atoms with Gasteiger partial charge in [0.2, 0.25) is 21.8 Å². The van der Waals surface area contributed by atoms with Crippen molar-refractivity contribution in [3.8, 4) is 5.75 Å². The van der Waals surface area contributed by atoms with Gasteiger partial charge in [-0.15, -0.1) is 0 Å². The molecule has 0 unspecified atom stereocenters. The lowest BCUT2D eigenvalue weighted by Gasteiger charge is -2.32. The lowest BCUT2D eigenvalue weighted by Crippen LogP contribution is -2.52. The molecule has 1 fully saturated rings. The third-order valence-corrected chi connectivity index (χ3v) is 7.69. The fourth-order valence-corrected chi connectivity index (χ4v) is 5.35. The first-order chi connectivity index (χ1) is 16.1. The summed E-state index contributed by atoms with van der Waals surface area (Å²) in [5.41, 5.74) is 0.569. The van der Waals surface area contributed by atoms with Gasteiger partial charge < -0.3 is 15.4 Å². The standard InChI is InChI=1S/C24H30FN3O5S/c1-16(2)22(24(30)26-19-8-10-20(33-3)11-9-19)27-23(29)17-5-4-14-28(15-17)34(31,32)21-12-6-18(25)7-13-21/h6-13,16-17,22H,4-5,14-15H2,1-3H3,(H,26,30)(H,27,29)/t17-,22-/m0/s1. The van der Waals surface area contributed by atoms with Gasteiger partial charge in [0.1, 0.15) is 17.6 Å². The molecule has 2 aromatic carbocycles. The summed E-state index contributed by atoms with van der Waals surface area (Å²) in [6.45, 7) is 3.92. The zero-order valence-corrected chi connectivity index (χ0v) is 20.3. The highest BCUT2D eigenvalue weighted by atomic mass is 32.2. The maximum atomic E-state index is 13.2. The molecule has 0 radical (unpaired) electrons. The van der Waals surface area contributed by atoms with E-state index in [1.54, 1.807) is 31.4 Å². The Labute approximate surface area is 199 Å². The monoisotopic (exact) mass is 491 g/mol. The lowest BCUT2D eigenvalue weighted by molar-refractivity contribution is -0.130. The van der Waals surface area contributed by atoms with E-state index < -0.39 is 27.8 Å². The Balaban J connectivity index is 1.66. The van der Waals surface area contributed by atoms with Crippen molar-refractivity contribution in [2.45, 2.75) is 37.6 Å². The molecule has 2 N–H and O–H groups in total. The molecule has 10 heteroatoms. The van der Waals surface area contributed by atoms with Gasteiger partial charge in [-0.3, -0.25) is 9.59 Å². The van der Waals surface area contributed by atoms with Crippen LogP contribution in [0.1, 0.15) is 26.7 Å². The van der Waals surface area contributed by atoms with E-state index in [2.05, 4.69) is 10.6 Å². The number of piperidine rings is 1. The minimum atomic E-state index is -3.86. The van der Waals surface area contributed by atoms with Gasteiger partial charge in [-0.1, -0.05) is 13.8 Å². The van der Waals surface area contributed by atoms with Crippen molar-refractivity contribution in [2.75, 3.05) is 25.5 Å². The fraction of sp³-hybridized carbons (Fsp3) is 0.417. The number of carbonyl (C=O) groups is 2. The van der Waals surface area contributed by atoms with Gasteiger partial charge in [0.05, 0.1) is 17.9 Å². The molecule has 0 bridgehead atoms. The molecule has 0 aliphatic carbocycles. The minimum absolute atomic E-state index is 0.00351. The van der Waals surface area contributed by atoms with Crippen molar-refractivity contribution in [1.29, 1.82) is 0 Å². The van der Waals surface area contributed by atoms with Gasteiger partial charge in [0, 0.05) is 18.8 Å². The summed E-state index contributed by atoms with van der Waals surface area (Å²) in [6, 6.07) is 10.7. The number of hydrogen-bond acceptors (Lipinski definition) is 5. The molecule has 0 spiro atoms. The Morgan fingerprint density at radius 3 is 2.32 bits per heavy atom. The Morgan fingerprint density at radius 1 is 1.09 bits per heavy atom. The second kappa shape index (κ2) is 11.0. The number of hydrogen-bond donors (Lipinski definition) is 2. The summed E-state index contributed by atoms with van der Waals surface area (Å²) in [6.07, 6.45) is 1.01. The predicted molar refractivity (Wildman–Crippen MR) is 126 cm³/mol. The Morgan fingerprint density at radius 2 is 1.74 bits per heavy atom. The molecule has 1 heterocycles. The highest BCUT2D eigenvalue weighted by molar-refractivity contribution is 7.89. The molecule has 2 aromatic rings. The molecule has 2 amide bonds. The number of sulfonamides is 1. The van der Waals surface area contributed by atoms with Crippen molar-refractivity contribution in [3.05, 3.63) is 54.3 Å². The average molecular weight is 492 g/mol. The van der Waals surface area contributed by atoms with Crippen molar-refractivity contribution in [3.63, 3.8) is 0 Å². The van der Waals surface area contributed by atoms with E-state index in [-0.39, 0.29) is 35.7 Å². The van der Waals surface area contributed by atoms with Crippen molar-refractivity contribution in [2.24, 2.45) is 11.8 Å². The van der Waals surface area contributed by atoms with Gasteiger partial charge in [-0.05, 0) is 67.3 Å². The number of nitrogens with one attached hydrogen (secondary N) is 2. The van der Waals surface area contributed by atoms with E-state index in [1.807, 2.05) is 13.8 Å². The van der Waals surface area contributed by atoms with Crippen LogP contribution < -0.4 is 15.4 Å². The zero-order valence-electron chi connectivity index (χ0n) is 19.5. The second-order valence-electron chi connectivity index (χ2n) is 8.60. The van der Waals surface area contributed by atoms with Crippen LogP contribution >= 0.6 is 0 Å². The van der Waals surface area contributed by atoms with Crippen LogP contribution in [0.2, 0.25) is 0 Å². The third-order valence-electron chi connectivity index (χ3n) is 5.81. The molecule has 0 saturated carbocycles. The summed E-state index contributed by atoms with van der Waals surface area (Å²) in [4.78, 5) is 25.9. The number of carbonyl (C=O) groups excluding carboxylic acids is 2. The maximum Gasteiger partial charge on any atom is 0.247 e. The van der Waals surface area contributed by atoms with Crippen LogP contribution in [-0.2, 0) is 19.6 Å². The van der Waals surface area contributed by atoms with Crippen LogP contribution in [0, 0.1) is 17.7 Å². The van der Waals surface area contributed by atoms with Gasteiger partial charge >= 0.3 is 0 Å². The zero-order chi connectivity index (χ0) is 24.9. The van der Waals surface area contributed by atoms with E-state index in [9.17, 15) is 22.4 Å². The van der Waals surface area contributed by atoms with Crippen LogP contribution in [0.3, 0.4) is 0 Å². The molecule has 1 aliphatic rings. The van der Waals surface area contributed by atoms with Crippen LogP contribution in [0.5, 0.6) is 5.75 Å². The molecule has 8 nitrogen and oxygen atoms in total. The largest absolute Gasteiger partial charge is 0.497 e. The first-order valence-electron chi connectivity index (χ1n) is 11.1. The number of benzene rings is 2. The SMILES string of the molecule is COc1ccc(NC(=O)[C@@H](NC(=O)[C@H]2CCCN(S(=O)(=O)c3ccc(F)cc3)C2)C(C)C)cc1. The van der Waals surface area contributed by atoms with Gasteiger partial charge in [0.15, 0.2) is 0 Å². The van der Waals surface area contributed by atoms with E-state index in [0.29, 0.717) is 24.3 Å². The number of methoxy groups -OCH3 is 1. The van der Waals surface area contributed by atoms with Crippen LogP contribution in [0.15, 0.2) is 53.4 Å². The normalized spacial score (nSPS) is 17.7. The van der Waals surface area contributed by atoms with E-state index in [4.69, 9.17) is 4.74 Å². The Bertz CT molecular complexity index is 1100. The van der Waals surface area contributed by atoms with Crippen LogP contribution in [0.25, 0.3) is 0 Å². The molecule has 34 heavy (non-hydrogen) atoms. The number of anilines is 1. The predicted octanol–water partition coefficient (Wildman–Crippen LogP) is 3.01. The molecular formula is C24H30FN3O5S. The topological polar surface area (TPSA) is 105 Å². The molecule has 2 atom stereocenters. The minimum Gasteiger partial charge on any atom is -0.497 e. The van der Waals surface area contributed by atoms with Crippen molar-refractivity contribution in [1.82, 2.24) is 9.62 Å². The summed E-state index contributed by atoms with van der Waals surface area (Å²) in [5, 5.41) is 5.60. The van der Waals surface area contributed by atoms with Crippen LogP contribution in [0.4, 0.5) is 10.1 Å². The van der Waals surface area contributed by atoms with E-state index in [0.717, 1.165) is 12.1 Å². The van der Waals surface area contributed by atoms with Gasteiger partial charge in [0.25, 0.3) is 0 Å². The van der Waals surface area contributed by atoms with Crippen LogP contribution in [-0.4, -0.2) is 50.8 Å². The first kappa shape index (κ1) is 25.6. The average Bonchev–Trinajstić information content (AvgIpc) is 2.83. The quantitative estimate of drug-likeness (QED) is 0.591. The number of ether oxygens (including phenoxy) is 1. The Hall–Kier alpha value is -2.98. The number of amides is 2. The first-order valence-corrected chi connectivity index (χ1v) is 12.6. The van der Waals surface area contributed by atoms with Gasteiger partial charge in [-0.25, -0.2) is 12.8 Å². The number of nitrogens with zero attached hydrogens (tertiary/aromatic N) is 1. The van der Waals surface area contributed by atoms with Crippen molar-refractivity contribution >= 4 is 27.5 Å². The molecule has 184 valence electrons. The highest BCUT2D eigenvalue weighted by Crippen LogP contribution is 2.24. The molecule has 3 rings (SSSR count). The van der Waals surface area contributed by atoms with Gasteiger partial charge in [-0.2, -0.15) is 4.31 Å². The molecule has 0 aromatic heterocycles. The van der Waals surface area contributed by atoms with E-state index >= 15 is 0 Å². The number of rotatable bonds is 8. The smallest absolute Gasteiger partial charge is 0.247 e. The van der Waals surface area contributed by atoms with Crippen molar-refractivity contribution < 1.29 is 27.1 Å². The third kappa shape index (κ3) is 6.12. The fourth-order valence-electron chi connectivity index (χ4n) is 3.83. The summed E-state index contributed by atoms with van der Waals surface area (Å²) >= 11 is 0. The summed E-state index contributed by atoms with van der Waals surface area (Å²) < 4.78 is 45.5. The molecule has 1 aliphatic heterocycles. The molecular weight excluding hydrogens is 461 g/mol. The lowest BCUT2D eigenvalue weighted by atomic mass is 9.96. The molecule has 1 saturated heterocycles. The highest BCUT2D eigenvalue weighted by Gasteiger charge is 2.35.